The van der Waals surface area contributed by atoms with E-state index in [2.05, 4.69) is 49.1 Å². The quantitative estimate of drug-likeness (QED) is 0.884. The van der Waals surface area contributed by atoms with Crippen LogP contribution >= 0.6 is 0 Å². The number of likely N-dealkylation sites (tertiary alicyclic amines) is 1. The fourth-order valence-corrected chi connectivity index (χ4v) is 2.97. The first kappa shape index (κ1) is 13.6. The average molecular weight is 246 g/mol. The van der Waals surface area contributed by atoms with Gasteiger partial charge in [-0.2, -0.15) is 0 Å². The van der Waals surface area contributed by atoms with E-state index in [4.69, 9.17) is 5.73 Å². The molecular formula is C16H26N2. The average Bonchev–Trinajstić information content (AvgIpc) is 2.40. The Morgan fingerprint density at radius 1 is 1.33 bits per heavy atom. The first-order valence-corrected chi connectivity index (χ1v) is 7.18. The second-order valence-electron chi connectivity index (χ2n) is 5.80. The van der Waals surface area contributed by atoms with Crippen molar-refractivity contribution >= 4 is 0 Å². The van der Waals surface area contributed by atoms with Crippen LogP contribution < -0.4 is 5.73 Å². The zero-order valence-electron chi connectivity index (χ0n) is 11.7. The monoisotopic (exact) mass is 246 g/mol. The van der Waals surface area contributed by atoms with Gasteiger partial charge in [0.25, 0.3) is 0 Å². The standard InChI is InChI=1S/C16H26N2/c1-13-8-9-18(12-16(13)11-17)14(2)10-15-6-4-3-5-7-15/h3-7,13-14,16H,8-12,17H2,1-2H3. The minimum atomic E-state index is 0.619. The molecule has 1 fully saturated rings. The fraction of sp³-hybridized carbons (Fsp3) is 0.625. The maximum absolute atomic E-state index is 5.88. The van der Waals surface area contributed by atoms with Gasteiger partial charge in [0.2, 0.25) is 0 Å². The highest BCUT2D eigenvalue weighted by atomic mass is 15.2. The second-order valence-corrected chi connectivity index (χ2v) is 5.80. The molecule has 0 amide bonds. The van der Waals surface area contributed by atoms with Gasteiger partial charge in [-0.15, -0.1) is 0 Å². The molecule has 0 radical (unpaired) electrons. The molecule has 2 rings (SSSR count). The largest absolute Gasteiger partial charge is 0.330 e. The molecule has 0 aliphatic carbocycles. The van der Waals surface area contributed by atoms with Gasteiger partial charge in [-0.05, 0) is 50.3 Å². The van der Waals surface area contributed by atoms with Crippen molar-refractivity contribution in [1.29, 1.82) is 0 Å². The third-order valence-corrected chi connectivity index (χ3v) is 4.45. The third-order valence-electron chi connectivity index (χ3n) is 4.45. The van der Waals surface area contributed by atoms with Crippen molar-refractivity contribution in [2.24, 2.45) is 17.6 Å². The van der Waals surface area contributed by atoms with Gasteiger partial charge < -0.3 is 5.73 Å². The Morgan fingerprint density at radius 2 is 2.06 bits per heavy atom. The lowest BCUT2D eigenvalue weighted by atomic mass is 9.86. The summed E-state index contributed by atoms with van der Waals surface area (Å²) in [5.41, 5.74) is 7.32. The molecule has 3 atom stereocenters. The molecule has 1 aromatic carbocycles. The summed E-state index contributed by atoms with van der Waals surface area (Å²) in [5.74, 6) is 1.46. The van der Waals surface area contributed by atoms with Crippen molar-refractivity contribution in [2.45, 2.75) is 32.7 Å². The molecule has 3 unspecified atom stereocenters. The zero-order valence-corrected chi connectivity index (χ0v) is 11.7. The van der Waals surface area contributed by atoms with Crippen LogP contribution in [0.5, 0.6) is 0 Å². The lowest BCUT2D eigenvalue weighted by Gasteiger charge is -2.40. The maximum atomic E-state index is 5.88. The molecule has 2 heteroatoms. The second kappa shape index (κ2) is 6.35. The third kappa shape index (κ3) is 3.33. The first-order valence-electron chi connectivity index (χ1n) is 7.18. The number of hydrogen-bond donors (Lipinski definition) is 1. The molecule has 1 aliphatic heterocycles. The van der Waals surface area contributed by atoms with Crippen molar-refractivity contribution in [1.82, 2.24) is 4.90 Å². The Kier molecular flexibility index (Phi) is 4.79. The van der Waals surface area contributed by atoms with Crippen molar-refractivity contribution in [3.63, 3.8) is 0 Å². The molecule has 2 N–H and O–H groups in total. The molecule has 0 aromatic heterocycles. The Balaban J connectivity index is 1.91. The van der Waals surface area contributed by atoms with Gasteiger partial charge in [0.05, 0.1) is 0 Å². The van der Waals surface area contributed by atoms with Crippen LogP contribution in [0, 0.1) is 11.8 Å². The summed E-state index contributed by atoms with van der Waals surface area (Å²) in [4.78, 5) is 2.62. The summed E-state index contributed by atoms with van der Waals surface area (Å²) in [7, 11) is 0. The molecule has 1 heterocycles. The van der Waals surface area contributed by atoms with E-state index in [0.29, 0.717) is 12.0 Å². The SMILES string of the molecule is CC1CCN(C(C)Cc2ccccc2)CC1CN. The number of hydrogen-bond acceptors (Lipinski definition) is 2. The Morgan fingerprint density at radius 3 is 2.72 bits per heavy atom. The van der Waals surface area contributed by atoms with Gasteiger partial charge in [0.1, 0.15) is 0 Å². The minimum Gasteiger partial charge on any atom is -0.330 e. The highest BCUT2D eigenvalue weighted by Gasteiger charge is 2.27. The summed E-state index contributed by atoms with van der Waals surface area (Å²) in [6.07, 6.45) is 2.44. The summed E-state index contributed by atoms with van der Waals surface area (Å²) < 4.78 is 0. The van der Waals surface area contributed by atoms with Crippen LogP contribution in [0.4, 0.5) is 0 Å². The fourth-order valence-electron chi connectivity index (χ4n) is 2.97. The van der Waals surface area contributed by atoms with E-state index in [0.717, 1.165) is 18.9 Å². The van der Waals surface area contributed by atoms with E-state index in [1.54, 1.807) is 0 Å². The lowest BCUT2D eigenvalue weighted by molar-refractivity contribution is 0.0978. The van der Waals surface area contributed by atoms with Gasteiger partial charge in [-0.3, -0.25) is 4.90 Å². The molecule has 1 aromatic rings. The number of benzene rings is 1. The lowest BCUT2D eigenvalue weighted by Crippen LogP contribution is -2.47. The van der Waals surface area contributed by atoms with Gasteiger partial charge in [0, 0.05) is 12.6 Å². The summed E-state index contributed by atoms with van der Waals surface area (Å²) in [6, 6.07) is 11.4. The molecule has 0 spiro atoms. The molecular weight excluding hydrogens is 220 g/mol. The van der Waals surface area contributed by atoms with Crippen LogP contribution in [-0.2, 0) is 6.42 Å². The molecule has 100 valence electrons. The van der Waals surface area contributed by atoms with Gasteiger partial charge in [-0.25, -0.2) is 0 Å². The molecule has 0 bridgehead atoms. The zero-order chi connectivity index (χ0) is 13.0. The predicted molar refractivity (Wildman–Crippen MR) is 77.5 cm³/mol. The van der Waals surface area contributed by atoms with Gasteiger partial charge in [0.15, 0.2) is 0 Å². The van der Waals surface area contributed by atoms with Crippen molar-refractivity contribution in [2.75, 3.05) is 19.6 Å². The summed E-state index contributed by atoms with van der Waals surface area (Å²) >= 11 is 0. The summed E-state index contributed by atoms with van der Waals surface area (Å²) in [6.45, 7) is 7.92. The van der Waals surface area contributed by atoms with Crippen LogP contribution in [0.3, 0.4) is 0 Å². The van der Waals surface area contributed by atoms with Crippen LogP contribution in [0.15, 0.2) is 30.3 Å². The topological polar surface area (TPSA) is 29.3 Å². The molecule has 2 nitrogen and oxygen atoms in total. The Bertz CT molecular complexity index is 349. The van der Waals surface area contributed by atoms with E-state index in [9.17, 15) is 0 Å². The van der Waals surface area contributed by atoms with Crippen molar-refractivity contribution in [3.05, 3.63) is 35.9 Å². The highest BCUT2D eigenvalue weighted by molar-refractivity contribution is 5.15. The molecule has 0 saturated carbocycles. The molecule has 1 aliphatic rings. The number of piperidine rings is 1. The van der Waals surface area contributed by atoms with E-state index >= 15 is 0 Å². The Labute approximate surface area is 111 Å². The summed E-state index contributed by atoms with van der Waals surface area (Å²) in [5, 5.41) is 0. The van der Waals surface area contributed by atoms with Crippen molar-refractivity contribution < 1.29 is 0 Å². The van der Waals surface area contributed by atoms with E-state index < -0.39 is 0 Å². The van der Waals surface area contributed by atoms with E-state index in [1.165, 1.54) is 25.1 Å². The normalized spacial score (nSPS) is 27.1. The Hall–Kier alpha value is -0.860. The first-order chi connectivity index (χ1) is 8.70. The van der Waals surface area contributed by atoms with Gasteiger partial charge >= 0.3 is 0 Å². The van der Waals surface area contributed by atoms with Crippen LogP contribution in [0.2, 0.25) is 0 Å². The molecule has 1 saturated heterocycles. The predicted octanol–water partition coefficient (Wildman–Crippen LogP) is 2.53. The van der Waals surface area contributed by atoms with E-state index in [1.807, 2.05) is 0 Å². The maximum Gasteiger partial charge on any atom is 0.0107 e. The van der Waals surface area contributed by atoms with E-state index in [-0.39, 0.29) is 0 Å². The van der Waals surface area contributed by atoms with Gasteiger partial charge in [-0.1, -0.05) is 37.3 Å². The smallest absolute Gasteiger partial charge is 0.0107 e. The van der Waals surface area contributed by atoms with Crippen LogP contribution in [0.1, 0.15) is 25.8 Å². The number of nitrogens with zero attached hydrogens (tertiary/aromatic N) is 1. The number of rotatable bonds is 4. The van der Waals surface area contributed by atoms with Crippen molar-refractivity contribution in [3.8, 4) is 0 Å². The number of nitrogens with two attached hydrogens (primary N) is 1. The van der Waals surface area contributed by atoms with Crippen LogP contribution in [0.25, 0.3) is 0 Å². The van der Waals surface area contributed by atoms with Crippen LogP contribution in [-0.4, -0.2) is 30.6 Å². The minimum absolute atomic E-state index is 0.619. The highest BCUT2D eigenvalue weighted by Crippen LogP contribution is 2.24. The molecule has 18 heavy (non-hydrogen) atoms.